The van der Waals surface area contributed by atoms with Gasteiger partial charge in [-0.25, -0.2) is 8.42 Å². The minimum atomic E-state index is -3.49. The Morgan fingerprint density at radius 3 is 2.29 bits per heavy atom. The average molecular weight is 410 g/mol. The number of piperazine rings is 1. The molecule has 1 N–H and O–H groups in total. The second-order valence-electron chi connectivity index (χ2n) is 8.39. The SMILES string of the molecule is Cc1ccc(S(=O)(=O)N2CCN(CC(=O)N[C@@H](C)CCC(C)C)CC2)c(C)c1. The molecule has 1 saturated heterocycles. The molecule has 1 aromatic rings. The van der Waals surface area contributed by atoms with E-state index in [4.69, 9.17) is 0 Å². The van der Waals surface area contributed by atoms with Crippen molar-refractivity contribution in [2.75, 3.05) is 32.7 Å². The fourth-order valence-corrected chi connectivity index (χ4v) is 5.16. The van der Waals surface area contributed by atoms with Gasteiger partial charge in [0.25, 0.3) is 0 Å². The lowest BCUT2D eigenvalue weighted by atomic mass is 10.0. The number of benzene rings is 1. The van der Waals surface area contributed by atoms with Crippen molar-refractivity contribution in [1.82, 2.24) is 14.5 Å². The summed E-state index contributed by atoms with van der Waals surface area (Å²) in [6.07, 6.45) is 2.07. The molecule has 1 fully saturated rings. The number of sulfonamides is 1. The summed E-state index contributed by atoms with van der Waals surface area (Å²) in [5.74, 6) is 0.647. The largest absolute Gasteiger partial charge is 0.353 e. The molecule has 0 saturated carbocycles. The first kappa shape index (κ1) is 22.8. The van der Waals surface area contributed by atoms with E-state index in [1.54, 1.807) is 6.07 Å². The summed E-state index contributed by atoms with van der Waals surface area (Å²) in [5.41, 5.74) is 1.83. The number of nitrogens with zero attached hydrogens (tertiary/aromatic N) is 2. The molecule has 0 bridgehead atoms. The normalized spacial score (nSPS) is 17.6. The second kappa shape index (κ2) is 9.85. The smallest absolute Gasteiger partial charge is 0.243 e. The Morgan fingerprint density at radius 2 is 1.71 bits per heavy atom. The molecule has 0 spiro atoms. The average Bonchev–Trinajstić information content (AvgIpc) is 2.60. The van der Waals surface area contributed by atoms with Gasteiger partial charge in [0.15, 0.2) is 0 Å². The van der Waals surface area contributed by atoms with E-state index in [0.29, 0.717) is 43.5 Å². The molecule has 1 atom stereocenters. The summed E-state index contributed by atoms with van der Waals surface area (Å²) in [6.45, 7) is 12.5. The maximum absolute atomic E-state index is 12.9. The Balaban J connectivity index is 1.86. The molecule has 1 amide bonds. The van der Waals surface area contributed by atoms with Crippen LogP contribution in [0.25, 0.3) is 0 Å². The maximum Gasteiger partial charge on any atom is 0.243 e. The number of carbonyl (C=O) groups is 1. The van der Waals surface area contributed by atoms with Crippen molar-refractivity contribution in [3.05, 3.63) is 29.3 Å². The predicted molar refractivity (Wildman–Crippen MR) is 113 cm³/mol. The molecular formula is C21H35N3O3S. The Hall–Kier alpha value is -1.44. The van der Waals surface area contributed by atoms with Gasteiger partial charge in [0, 0.05) is 32.2 Å². The standard InChI is InChI=1S/C21H35N3O3S/c1-16(2)6-8-19(5)22-21(25)15-23-10-12-24(13-11-23)28(26,27)20-9-7-17(3)14-18(20)4/h7,9,14,16,19H,6,8,10-13,15H2,1-5H3,(H,22,25)/t19-/m0/s1. The van der Waals surface area contributed by atoms with Crippen LogP contribution < -0.4 is 5.32 Å². The van der Waals surface area contributed by atoms with Crippen LogP contribution in [0.1, 0.15) is 44.7 Å². The summed E-state index contributed by atoms with van der Waals surface area (Å²) >= 11 is 0. The predicted octanol–water partition coefficient (Wildman–Crippen LogP) is 2.55. The van der Waals surface area contributed by atoms with E-state index in [2.05, 4.69) is 19.2 Å². The summed E-state index contributed by atoms with van der Waals surface area (Å²) in [7, 11) is -3.49. The number of rotatable bonds is 8. The van der Waals surface area contributed by atoms with Crippen molar-refractivity contribution < 1.29 is 13.2 Å². The Bertz CT molecular complexity index is 769. The van der Waals surface area contributed by atoms with Crippen molar-refractivity contribution in [3.63, 3.8) is 0 Å². The quantitative estimate of drug-likeness (QED) is 0.716. The molecule has 158 valence electrons. The lowest BCUT2D eigenvalue weighted by Crippen LogP contribution is -2.51. The van der Waals surface area contributed by atoms with Gasteiger partial charge in [0.2, 0.25) is 15.9 Å². The molecule has 0 aliphatic carbocycles. The third-order valence-electron chi connectivity index (χ3n) is 5.23. The zero-order valence-electron chi connectivity index (χ0n) is 17.9. The van der Waals surface area contributed by atoms with Gasteiger partial charge in [-0.05, 0) is 51.2 Å². The zero-order valence-corrected chi connectivity index (χ0v) is 18.7. The molecule has 1 aromatic carbocycles. The van der Waals surface area contributed by atoms with E-state index in [9.17, 15) is 13.2 Å². The molecule has 28 heavy (non-hydrogen) atoms. The van der Waals surface area contributed by atoms with Gasteiger partial charge in [0.05, 0.1) is 11.4 Å². The van der Waals surface area contributed by atoms with Crippen molar-refractivity contribution in [2.45, 2.75) is 58.4 Å². The summed E-state index contributed by atoms with van der Waals surface area (Å²) in [5, 5.41) is 3.05. The van der Waals surface area contributed by atoms with Gasteiger partial charge in [-0.1, -0.05) is 31.5 Å². The third kappa shape index (κ3) is 6.29. The minimum Gasteiger partial charge on any atom is -0.353 e. The molecule has 0 unspecified atom stereocenters. The van der Waals surface area contributed by atoms with E-state index in [0.717, 1.165) is 24.0 Å². The molecule has 2 rings (SSSR count). The first-order chi connectivity index (χ1) is 13.1. The number of hydrogen-bond acceptors (Lipinski definition) is 4. The van der Waals surface area contributed by atoms with Gasteiger partial charge < -0.3 is 5.32 Å². The lowest BCUT2D eigenvalue weighted by molar-refractivity contribution is -0.123. The van der Waals surface area contributed by atoms with Crippen LogP contribution in [-0.4, -0.2) is 62.3 Å². The third-order valence-corrected chi connectivity index (χ3v) is 7.29. The van der Waals surface area contributed by atoms with Crippen LogP contribution in [0.3, 0.4) is 0 Å². The van der Waals surface area contributed by atoms with Gasteiger partial charge >= 0.3 is 0 Å². The van der Waals surface area contributed by atoms with Crippen LogP contribution in [0, 0.1) is 19.8 Å². The second-order valence-corrected chi connectivity index (χ2v) is 10.3. The molecule has 1 heterocycles. The first-order valence-corrected chi connectivity index (χ1v) is 11.6. The van der Waals surface area contributed by atoms with Gasteiger partial charge in [-0.15, -0.1) is 0 Å². The summed E-state index contributed by atoms with van der Waals surface area (Å²) in [4.78, 5) is 14.7. The highest BCUT2D eigenvalue weighted by Crippen LogP contribution is 2.22. The monoisotopic (exact) mass is 409 g/mol. The molecule has 0 radical (unpaired) electrons. The lowest BCUT2D eigenvalue weighted by Gasteiger charge is -2.34. The minimum absolute atomic E-state index is 0.0157. The van der Waals surface area contributed by atoms with Gasteiger partial charge in [0.1, 0.15) is 0 Å². The molecule has 6 nitrogen and oxygen atoms in total. The highest BCUT2D eigenvalue weighted by molar-refractivity contribution is 7.89. The van der Waals surface area contributed by atoms with E-state index < -0.39 is 10.0 Å². The molecular weight excluding hydrogens is 374 g/mol. The van der Waals surface area contributed by atoms with Crippen LogP contribution in [-0.2, 0) is 14.8 Å². The van der Waals surface area contributed by atoms with Crippen LogP contribution in [0.5, 0.6) is 0 Å². The van der Waals surface area contributed by atoms with Crippen LogP contribution in [0.15, 0.2) is 23.1 Å². The Labute approximate surface area is 170 Å². The first-order valence-electron chi connectivity index (χ1n) is 10.2. The fraction of sp³-hybridized carbons (Fsp3) is 0.667. The van der Waals surface area contributed by atoms with Crippen molar-refractivity contribution in [1.29, 1.82) is 0 Å². The van der Waals surface area contributed by atoms with Gasteiger partial charge in [-0.2, -0.15) is 4.31 Å². The van der Waals surface area contributed by atoms with Crippen molar-refractivity contribution >= 4 is 15.9 Å². The topological polar surface area (TPSA) is 69.7 Å². The van der Waals surface area contributed by atoms with E-state index in [1.165, 1.54) is 4.31 Å². The number of aryl methyl sites for hydroxylation is 2. The van der Waals surface area contributed by atoms with Crippen LogP contribution in [0.4, 0.5) is 0 Å². The number of hydrogen-bond donors (Lipinski definition) is 1. The van der Waals surface area contributed by atoms with E-state index >= 15 is 0 Å². The van der Waals surface area contributed by atoms with E-state index in [1.807, 2.05) is 37.8 Å². The molecule has 1 aliphatic heterocycles. The highest BCUT2D eigenvalue weighted by atomic mass is 32.2. The zero-order chi connectivity index (χ0) is 20.9. The number of carbonyl (C=O) groups excluding carboxylic acids is 1. The molecule has 7 heteroatoms. The molecule has 0 aromatic heterocycles. The van der Waals surface area contributed by atoms with Crippen molar-refractivity contribution in [3.8, 4) is 0 Å². The van der Waals surface area contributed by atoms with Crippen LogP contribution >= 0.6 is 0 Å². The van der Waals surface area contributed by atoms with Crippen LogP contribution in [0.2, 0.25) is 0 Å². The van der Waals surface area contributed by atoms with Gasteiger partial charge in [-0.3, -0.25) is 9.69 Å². The highest BCUT2D eigenvalue weighted by Gasteiger charge is 2.30. The summed E-state index contributed by atoms with van der Waals surface area (Å²) < 4.78 is 27.4. The Morgan fingerprint density at radius 1 is 1.07 bits per heavy atom. The molecule has 1 aliphatic rings. The number of nitrogens with one attached hydrogen (secondary N) is 1. The van der Waals surface area contributed by atoms with E-state index in [-0.39, 0.29) is 11.9 Å². The van der Waals surface area contributed by atoms with Crippen molar-refractivity contribution in [2.24, 2.45) is 5.92 Å². The number of amides is 1. The maximum atomic E-state index is 12.9. The fourth-order valence-electron chi connectivity index (χ4n) is 3.53. The summed E-state index contributed by atoms with van der Waals surface area (Å²) in [6, 6.07) is 5.59. The Kier molecular flexibility index (Phi) is 8.04.